The van der Waals surface area contributed by atoms with Gasteiger partial charge in [0.05, 0.1) is 25.4 Å². The highest BCUT2D eigenvalue weighted by atomic mass is 32.2. The molecule has 1 aliphatic carbocycles. The second-order valence-electron chi connectivity index (χ2n) is 6.04. The Hall–Kier alpha value is -0.990. The molecule has 1 saturated carbocycles. The zero-order valence-electron chi connectivity index (χ0n) is 12.2. The van der Waals surface area contributed by atoms with E-state index < -0.39 is 16.1 Å². The van der Waals surface area contributed by atoms with Gasteiger partial charge in [0, 0.05) is 19.4 Å². The Balaban J connectivity index is 1.60. The first-order valence-corrected chi connectivity index (χ1v) is 8.96. The van der Waals surface area contributed by atoms with E-state index in [1.54, 1.807) is 0 Å². The van der Waals surface area contributed by atoms with Gasteiger partial charge in [-0.25, -0.2) is 0 Å². The summed E-state index contributed by atoms with van der Waals surface area (Å²) in [6.45, 7) is 1.47. The van der Waals surface area contributed by atoms with E-state index in [9.17, 15) is 8.42 Å². The molecule has 0 N–H and O–H groups in total. The molecule has 3 aliphatic rings. The van der Waals surface area contributed by atoms with Crippen LogP contribution in [-0.4, -0.2) is 43.9 Å². The van der Waals surface area contributed by atoms with Gasteiger partial charge in [0.25, 0.3) is 0 Å². The molecular formula is C15H19NO5S. The van der Waals surface area contributed by atoms with E-state index in [1.807, 2.05) is 30.3 Å². The summed E-state index contributed by atoms with van der Waals surface area (Å²) >= 11 is 0. The summed E-state index contributed by atoms with van der Waals surface area (Å²) in [7, 11) is -3.69. The van der Waals surface area contributed by atoms with Crippen LogP contribution in [0.15, 0.2) is 30.3 Å². The Morgan fingerprint density at radius 3 is 2.64 bits per heavy atom. The molecule has 1 aromatic rings. The molecule has 3 fully saturated rings. The van der Waals surface area contributed by atoms with Crippen LogP contribution in [0.1, 0.15) is 24.8 Å². The minimum atomic E-state index is -3.69. The molecule has 2 saturated heterocycles. The maximum Gasteiger partial charge on any atom is 0.339 e. The van der Waals surface area contributed by atoms with Crippen LogP contribution < -0.4 is 0 Å². The minimum absolute atomic E-state index is 0.225. The molecule has 1 spiro atoms. The molecule has 120 valence electrons. The Kier molecular flexibility index (Phi) is 3.50. The zero-order chi connectivity index (χ0) is 15.2. The second-order valence-corrected chi connectivity index (χ2v) is 7.56. The molecule has 2 heterocycles. The quantitative estimate of drug-likeness (QED) is 0.823. The van der Waals surface area contributed by atoms with Gasteiger partial charge in [-0.3, -0.25) is 4.18 Å². The summed E-state index contributed by atoms with van der Waals surface area (Å²) < 4.78 is 43.0. The van der Waals surface area contributed by atoms with Gasteiger partial charge in [0.1, 0.15) is 0 Å². The summed E-state index contributed by atoms with van der Waals surface area (Å²) in [6, 6.07) is 9.34. The van der Waals surface area contributed by atoms with Crippen LogP contribution in [-0.2, 0) is 30.5 Å². The van der Waals surface area contributed by atoms with Crippen molar-refractivity contribution in [3.63, 3.8) is 0 Å². The molecule has 7 heteroatoms. The molecule has 0 bridgehead atoms. The number of nitrogens with zero attached hydrogens (tertiary/aromatic N) is 1. The van der Waals surface area contributed by atoms with Gasteiger partial charge < -0.3 is 9.47 Å². The largest absolute Gasteiger partial charge is 0.347 e. The van der Waals surface area contributed by atoms with E-state index in [-0.39, 0.29) is 12.1 Å². The van der Waals surface area contributed by atoms with Gasteiger partial charge in [-0.05, 0) is 12.0 Å². The summed E-state index contributed by atoms with van der Waals surface area (Å²) in [4.78, 5) is 0. The Morgan fingerprint density at radius 2 is 1.91 bits per heavy atom. The van der Waals surface area contributed by atoms with Crippen LogP contribution in [0.3, 0.4) is 0 Å². The fraction of sp³-hybridized carbons (Fsp3) is 0.600. The van der Waals surface area contributed by atoms with Crippen molar-refractivity contribution in [2.75, 3.05) is 13.2 Å². The third-order valence-electron chi connectivity index (χ3n) is 4.66. The fourth-order valence-electron chi connectivity index (χ4n) is 3.60. The molecule has 2 atom stereocenters. The summed E-state index contributed by atoms with van der Waals surface area (Å²) in [6.07, 6.45) is 1.55. The lowest BCUT2D eigenvalue weighted by atomic mass is 9.87. The van der Waals surface area contributed by atoms with Crippen molar-refractivity contribution in [2.24, 2.45) is 0 Å². The molecule has 6 nitrogen and oxygen atoms in total. The number of hydrogen-bond acceptors (Lipinski definition) is 5. The highest BCUT2D eigenvalue weighted by molar-refractivity contribution is 7.84. The molecule has 0 aromatic heterocycles. The van der Waals surface area contributed by atoms with Crippen molar-refractivity contribution >= 4 is 10.3 Å². The van der Waals surface area contributed by atoms with E-state index in [2.05, 4.69) is 0 Å². The number of fused-ring (bicyclic) bond motifs is 1. The Morgan fingerprint density at radius 1 is 1.18 bits per heavy atom. The fourth-order valence-corrected chi connectivity index (χ4v) is 5.10. The van der Waals surface area contributed by atoms with E-state index in [1.165, 1.54) is 4.31 Å². The van der Waals surface area contributed by atoms with Gasteiger partial charge in [-0.1, -0.05) is 30.3 Å². The molecule has 2 aliphatic heterocycles. The molecule has 1 aromatic carbocycles. The maximum absolute atomic E-state index is 12.4. The third kappa shape index (κ3) is 2.47. The first kappa shape index (κ1) is 14.6. The lowest BCUT2D eigenvalue weighted by Crippen LogP contribution is -2.48. The van der Waals surface area contributed by atoms with Crippen molar-refractivity contribution in [1.82, 2.24) is 4.31 Å². The molecule has 0 radical (unpaired) electrons. The van der Waals surface area contributed by atoms with Gasteiger partial charge in [0.15, 0.2) is 5.79 Å². The molecule has 0 unspecified atom stereocenters. The first-order valence-electron chi connectivity index (χ1n) is 7.60. The van der Waals surface area contributed by atoms with Crippen molar-refractivity contribution < 1.29 is 22.1 Å². The molecular weight excluding hydrogens is 306 g/mol. The summed E-state index contributed by atoms with van der Waals surface area (Å²) in [5.74, 6) is -0.626. The predicted molar refractivity (Wildman–Crippen MR) is 78.1 cm³/mol. The van der Waals surface area contributed by atoms with E-state index >= 15 is 0 Å². The topological polar surface area (TPSA) is 65.1 Å². The van der Waals surface area contributed by atoms with Crippen LogP contribution in [0.5, 0.6) is 0 Å². The standard InChI is InChI=1S/C15H19NO5S/c17-22(18)16(11-12-4-2-1-3-5-12)13-10-15(19-8-9-20-15)7-6-14(13)21-22/h1-5,13-14H,6-11H2/t13-,14+/m0/s1. The van der Waals surface area contributed by atoms with Crippen LogP contribution in [0, 0.1) is 0 Å². The van der Waals surface area contributed by atoms with E-state index in [0.29, 0.717) is 39.0 Å². The van der Waals surface area contributed by atoms with Crippen molar-refractivity contribution in [3.8, 4) is 0 Å². The second kappa shape index (κ2) is 5.28. The number of benzene rings is 1. The Bertz CT molecular complexity index is 641. The van der Waals surface area contributed by atoms with E-state index in [4.69, 9.17) is 13.7 Å². The first-order chi connectivity index (χ1) is 10.6. The smallest absolute Gasteiger partial charge is 0.339 e. The van der Waals surface area contributed by atoms with Crippen LogP contribution >= 0.6 is 0 Å². The van der Waals surface area contributed by atoms with Crippen molar-refractivity contribution in [3.05, 3.63) is 35.9 Å². The number of ether oxygens (including phenoxy) is 2. The molecule has 4 rings (SSSR count). The SMILES string of the molecule is O=S1(=O)O[C@@H]2CCC3(C[C@@H]2N1Cc1ccccc1)OCCO3. The average molecular weight is 325 g/mol. The van der Waals surface area contributed by atoms with Gasteiger partial charge >= 0.3 is 10.3 Å². The lowest BCUT2D eigenvalue weighted by Gasteiger charge is -2.38. The Labute approximate surface area is 130 Å². The number of hydrogen-bond donors (Lipinski definition) is 0. The normalized spacial score (nSPS) is 33.1. The predicted octanol–water partition coefficient (Wildman–Crippen LogP) is 1.43. The summed E-state index contributed by atoms with van der Waals surface area (Å²) in [5.41, 5.74) is 0.947. The minimum Gasteiger partial charge on any atom is -0.347 e. The maximum atomic E-state index is 12.4. The van der Waals surface area contributed by atoms with Gasteiger partial charge in [-0.15, -0.1) is 0 Å². The van der Waals surface area contributed by atoms with Crippen molar-refractivity contribution in [2.45, 2.75) is 43.7 Å². The van der Waals surface area contributed by atoms with Crippen LogP contribution in [0.25, 0.3) is 0 Å². The summed E-state index contributed by atoms with van der Waals surface area (Å²) in [5, 5.41) is 0. The average Bonchev–Trinajstić information content (AvgIpc) is 3.05. The lowest BCUT2D eigenvalue weighted by molar-refractivity contribution is -0.193. The van der Waals surface area contributed by atoms with Gasteiger partial charge in [-0.2, -0.15) is 12.7 Å². The third-order valence-corrected chi connectivity index (χ3v) is 6.12. The molecule has 22 heavy (non-hydrogen) atoms. The van der Waals surface area contributed by atoms with Crippen molar-refractivity contribution in [1.29, 1.82) is 0 Å². The van der Waals surface area contributed by atoms with Crippen LogP contribution in [0.4, 0.5) is 0 Å². The zero-order valence-corrected chi connectivity index (χ0v) is 13.0. The highest BCUT2D eigenvalue weighted by Crippen LogP contribution is 2.43. The highest BCUT2D eigenvalue weighted by Gasteiger charge is 2.55. The number of rotatable bonds is 2. The van der Waals surface area contributed by atoms with Crippen LogP contribution in [0.2, 0.25) is 0 Å². The van der Waals surface area contributed by atoms with E-state index in [0.717, 1.165) is 5.56 Å². The molecule has 0 amide bonds. The monoisotopic (exact) mass is 325 g/mol. The van der Waals surface area contributed by atoms with Gasteiger partial charge in [0.2, 0.25) is 0 Å².